The van der Waals surface area contributed by atoms with E-state index in [0.29, 0.717) is 22.5 Å². The van der Waals surface area contributed by atoms with Gasteiger partial charge in [0.1, 0.15) is 5.75 Å². The Labute approximate surface area is 185 Å². The van der Waals surface area contributed by atoms with E-state index >= 15 is 0 Å². The SMILES string of the molecule is COc1ccc(C)cc1NC(=O)c1ccc2c(SCC(=O)[O-])c3c(nc2c1)CCCC3. The molecule has 0 spiro atoms. The zero-order valence-electron chi connectivity index (χ0n) is 17.5. The summed E-state index contributed by atoms with van der Waals surface area (Å²) in [6.07, 6.45) is 3.88. The molecule has 7 heteroatoms. The van der Waals surface area contributed by atoms with Gasteiger partial charge >= 0.3 is 0 Å². The molecule has 1 heterocycles. The number of hydrogen-bond acceptors (Lipinski definition) is 6. The highest BCUT2D eigenvalue weighted by Crippen LogP contribution is 2.36. The molecule has 1 amide bonds. The second-order valence-corrected chi connectivity index (χ2v) is 8.61. The fraction of sp³-hybridized carbons (Fsp3) is 0.292. The van der Waals surface area contributed by atoms with Crippen LogP contribution >= 0.6 is 11.8 Å². The molecular formula is C24H23N2O4S-. The standard InChI is InChI=1S/C24H24N2O4S/c1-14-7-10-21(30-2)20(11-14)26-24(29)15-8-9-17-19(12-15)25-18-6-4-3-5-16(18)23(17)31-13-22(27)28/h7-12H,3-6,13H2,1-2H3,(H,26,29)(H,27,28)/p-1. The number of nitrogens with one attached hydrogen (secondary N) is 1. The Hall–Kier alpha value is -3.06. The van der Waals surface area contributed by atoms with E-state index in [1.807, 2.05) is 31.2 Å². The van der Waals surface area contributed by atoms with Gasteiger partial charge in [-0.25, -0.2) is 0 Å². The number of rotatable bonds is 6. The van der Waals surface area contributed by atoms with Crippen LogP contribution in [0.5, 0.6) is 5.75 Å². The zero-order valence-corrected chi connectivity index (χ0v) is 18.3. The molecule has 31 heavy (non-hydrogen) atoms. The van der Waals surface area contributed by atoms with Gasteiger partial charge in [0.25, 0.3) is 5.91 Å². The number of nitrogens with zero attached hydrogens (tertiary/aromatic N) is 1. The number of ether oxygens (including phenoxy) is 1. The second kappa shape index (κ2) is 8.98. The average molecular weight is 436 g/mol. The predicted molar refractivity (Wildman–Crippen MR) is 120 cm³/mol. The zero-order chi connectivity index (χ0) is 22.0. The van der Waals surface area contributed by atoms with E-state index in [1.165, 1.54) is 11.8 Å². The number of aromatic nitrogens is 1. The van der Waals surface area contributed by atoms with Gasteiger partial charge in [-0.1, -0.05) is 12.1 Å². The van der Waals surface area contributed by atoms with Crippen molar-refractivity contribution in [2.75, 3.05) is 18.2 Å². The third kappa shape index (κ3) is 4.51. The first kappa shape index (κ1) is 21.2. The minimum atomic E-state index is -1.09. The lowest BCUT2D eigenvalue weighted by Gasteiger charge is -2.21. The van der Waals surface area contributed by atoms with Crippen molar-refractivity contribution in [3.05, 3.63) is 58.8 Å². The van der Waals surface area contributed by atoms with Gasteiger partial charge in [-0.3, -0.25) is 9.78 Å². The van der Waals surface area contributed by atoms with E-state index in [-0.39, 0.29) is 11.7 Å². The van der Waals surface area contributed by atoms with Gasteiger partial charge in [-0.05, 0) is 68.0 Å². The molecule has 1 aromatic heterocycles. The maximum atomic E-state index is 12.9. The van der Waals surface area contributed by atoms with Crippen molar-refractivity contribution in [3.63, 3.8) is 0 Å². The molecule has 0 aliphatic heterocycles. The summed E-state index contributed by atoms with van der Waals surface area (Å²) < 4.78 is 5.35. The lowest BCUT2D eigenvalue weighted by Crippen LogP contribution is -2.24. The van der Waals surface area contributed by atoms with Gasteiger partial charge in [-0.2, -0.15) is 0 Å². The number of aliphatic carboxylic acids is 1. The van der Waals surface area contributed by atoms with Crippen molar-refractivity contribution in [1.82, 2.24) is 4.98 Å². The largest absolute Gasteiger partial charge is 0.549 e. The van der Waals surface area contributed by atoms with Crippen LogP contribution in [0.1, 0.15) is 40.0 Å². The molecule has 0 unspecified atom stereocenters. The fourth-order valence-electron chi connectivity index (χ4n) is 3.93. The summed E-state index contributed by atoms with van der Waals surface area (Å²) in [5.74, 6) is -0.870. The third-order valence-corrected chi connectivity index (χ3v) is 6.55. The molecule has 4 rings (SSSR count). The second-order valence-electron chi connectivity index (χ2n) is 7.62. The summed E-state index contributed by atoms with van der Waals surface area (Å²) in [6, 6.07) is 11.0. The predicted octanol–water partition coefficient (Wildman–Crippen LogP) is 3.52. The third-order valence-electron chi connectivity index (χ3n) is 5.41. The average Bonchev–Trinajstić information content (AvgIpc) is 2.76. The first-order valence-electron chi connectivity index (χ1n) is 10.2. The molecule has 160 valence electrons. The maximum Gasteiger partial charge on any atom is 0.255 e. The minimum absolute atomic E-state index is 0.110. The fourth-order valence-corrected chi connectivity index (χ4v) is 4.92. The Bertz CT molecular complexity index is 1180. The number of fused-ring (bicyclic) bond motifs is 2. The van der Waals surface area contributed by atoms with Crippen molar-refractivity contribution in [2.45, 2.75) is 37.5 Å². The number of methoxy groups -OCH3 is 1. The summed E-state index contributed by atoms with van der Waals surface area (Å²) in [5, 5.41) is 14.8. The Balaban J connectivity index is 1.71. The Morgan fingerprint density at radius 3 is 2.74 bits per heavy atom. The van der Waals surface area contributed by atoms with Crippen molar-refractivity contribution in [3.8, 4) is 5.75 Å². The molecule has 1 N–H and O–H groups in total. The van der Waals surface area contributed by atoms with Crippen molar-refractivity contribution >= 4 is 40.2 Å². The number of pyridine rings is 1. The number of carbonyl (C=O) groups excluding carboxylic acids is 2. The molecule has 6 nitrogen and oxygen atoms in total. The summed E-state index contributed by atoms with van der Waals surface area (Å²) in [6.45, 7) is 1.95. The number of hydrogen-bond donors (Lipinski definition) is 1. The van der Waals surface area contributed by atoms with E-state index < -0.39 is 5.97 Å². The molecular weight excluding hydrogens is 412 g/mol. The summed E-state index contributed by atoms with van der Waals surface area (Å²) in [5.41, 5.74) is 4.93. The highest BCUT2D eigenvalue weighted by Gasteiger charge is 2.20. The van der Waals surface area contributed by atoms with Crippen LogP contribution in [0.25, 0.3) is 10.9 Å². The van der Waals surface area contributed by atoms with Crippen molar-refractivity contribution in [1.29, 1.82) is 0 Å². The van der Waals surface area contributed by atoms with Crippen LogP contribution in [-0.2, 0) is 17.6 Å². The highest BCUT2D eigenvalue weighted by molar-refractivity contribution is 8.00. The number of carboxylic acid groups (broad SMARTS) is 1. The number of amides is 1. The van der Waals surface area contributed by atoms with Crippen LogP contribution < -0.4 is 15.2 Å². The molecule has 1 aliphatic rings. The molecule has 1 aliphatic carbocycles. The van der Waals surface area contributed by atoms with Gasteiger partial charge in [-0.15, -0.1) is 11.8 Å². The molecule has 0 saturated heterocycles. The van der Waals surface area contributed by atoms with Crippen LogP contribution in [0.4, 0.5) is 5.69 Å². The normalized spacial score (nSPS) is 13.0. The van der Waals surface area contributed by atoms with E-state index in [4.69, 9.17) is 9.72 Å². The summed E-state index contributed by atoms with van der Waals surface area (Å²) in [4.78, 5) is 29.8. The monoisotopic (exact) mass is 435 g/mol. The van der Waals surface area contributed by atoms with Crippen LogP contribution in [0, 0.1) is 6.92 Å². The number of aryl methyl sites for hydroxylation is 2. The Morgan fingerprint density at radius 1 is 1.16 bits per heavy atom. The topological polar surface area (TPSA) is 91.3 Å². The molecule has 0 atom stereocenters. The van der Waals surface area contributed by atoms with Gasteiger partial charge in [0.2, 0.25) is 0 Å². The van der Waals surface area contributed by atoms with E-state index in [2.05, 4.69) is 5.32 Å². The van der Waals surface area contributed by atoms with E-state index in [9.17, 15) is 14.7 Å². The molecule has 0 fully saturated rings. The van der Waals surface area contributed by atoms with E-state index in [1.54, 1.807) is 19.2 Å². The van der Waals surface area contributed by atoms with Crippen LogP contribution in [-0.4, -0.2) is 29.7 Å². The molecule has 0 bridgehead atoms. The number of carbonyl (C=O) groups is 2. The van der Waals surface area contributed by atoms with Crippen LogP contribution in [0.3, 0.4) is 0 Å². The minimum Gasteiger partial charge on any atom is -0.549 e. The van der Waals surface area contributed by atoms with E-state index in [0.717, 1.165) is 52.8 Å². The Morgan fingerprint density at radius 2 is 1.97 bits per heavy atom. The van der Waals surface area contributed by atoms with Gasteiger partial charge in [0.05, 0.1) is 24.3 Å². The molecule has 2 aromatic carbocycles. The molecule has 3 aromatic rings. The quantitative estimate of drug-likeness (QED) is 0.596. The van der Waals surface area contributed by atoms with Crippen LogP contribution in [0.15, 0.2) is 41.3 Å². The van der Waals surface area contributed by atoms with Crippen molar-refractivity contribution < 1.29 is 19.4 Å². The number of anilines is 1. The maximum absolute atomic E-state index is 12.9. The lowest BCUT2D eigenvalue weighted by molar-refractivity contribution is -0.301. The summed E-state index contributed by atoms with van der Waals surface area (Å²) >= 11 is 1.28. The van der Waals surface area contributed by atoms with Gasteiger partial charge in [0.15, 0.2) is 0 Å². The molecule has 0 radical (unpaired) electrons. The molecule has 0 saturated carbocycles. The number of benzene rings is 2. The summed E-state index contributed by atoms with van der Waals surface area (Å²) in [7, 11) is 1.56. The highest BCUT2D eigenvalue weighted by atomic mass is 32.2. The lowest BCUT2D eigenvalue weighted by atomic mass is 9.94. The van der Waals surface area contributed by atoms with Gasteiger partial charge in [0, 0.05) is 27.3 Å². The Kier molecular flexibility index (Phi) is 6.13. The first-order valence-corrected chi connectivity index (χ1v) is 11.2. The number of carboxylic acids is 1. The first-order chi connectivity index (χ1) is 15.0. The smallest absolute Gasteiger partial charge is 0.255 e. The van der Waals surface area contributed by atoms with Crippen LogP contribution in [0.2, 0.25) is 0 Å². The van der Waals surface area contributed by atoms with Crippen molar-refractivity contribution in [2.24, 2.45) is 0 Å². The van der Waals surface area contributed by atoms with Gasteiger partial charge < -0.3 is 20.0 Å². The number of thioether (sulfide) groups is 1.